The predicted octanol–water partition coefficient (Wildman–Crippen LogP) is 2.25. The minimum Gasteiger partial charge on any atom is -0.379 e. The molecule has 0 bridgehead atoms. The van der Waals surface area contributed by atoms with Gasteiger partial charge in [-0.3, -0.25) is 0 Å². The molecule has 0 atom stereocenters. The molecular formula is C14H23ClN4O. The lowest BCUT2D eigenvalue weighted by molar-refractivity contribution is 0.0781. The first kappa shape index (κ1) is 15.5. The minimum absolute atomic E-state index is 0.197. The highest BCUT2D eigenvalue weighted by Crippen LogP contribution is 2.21. The lowest BCUT2D eigenvalue weighted by atomic mass is 9.99. The van der Waals surface area contributed by atoms with Crippen molar-refractivity contribution in [3.8, 4) is 0 Å². The summed E-state index contributed by atoms with van der Waals surface area (Å²) in [6.45, 7) is 10.3. The molecule has 112 valence electrons. The molecule has 0 saturated carbocycles. The van der Waals surface area contributed by atoms with Crippen molar-refractivity contribution in [2.45, 2.75) is 33.7 Å². The lowest BCUT2D eigenvalue weighted by Gasteiger charge is -2.20. The molecule has 6 heteroatoms. The second-order valence-corrected chi connectivity index (χ2v) is 6.57. The molecule has 0 saturated heterocycles. The van der Waals surface area contributed by atoms with E-state index in [9.17, 15) is 0 Å². The Morgan fingerprint density at radius 1 is 1.35 bits per heavy atom. The topological polar surface area (TPSA) is 59.1 Å². The van der Waals surface area contributed by atoms with Crippen molar-refractivity contribution in [2.75, 3.05) is 31.6 Å². The summed E-state index contributed by atoms with van der Waals surface area (Å²) in [5.74, 6) is 0.848. The predicted molar refractivity (Wildman–Crippen MR) is 81.2 cm³/mol. The van der Waals surface area contributed by atoms with E-state index in [1.165, 1.54) is 5.56 Å². The minimum atomic E-state index is 0.197. The van der Waals surface area contributed by atoms with Crippen LogP contribution in [0.3, 0.4) is 0 Å². The van der Waals surface area contributed by atoms with Gasteiger partial charge < -0.3 is 15.4 Å². The summed E-state index contributed by atoms with van der Waals surface area (Å²) >= 11 is 5.96. The zero-order chi connectivity index (χ0) is 14.6. The molecular weight excluding hydrogens is 276 g/mol. The molecule has 5 nitrogen and oxygen atoms in total. The highest BCUT2D eigenvalue weighted by Gasteiger charge is 2.16. The van der Waals surface area contributed by atoms with Crippen LogP contribution >= 0.6 is 11.6 Å². The monoisotopic (exact) mass is 298 g/mol. The SMILES string of the molecule is CC(C)(C)COCCNc1nc(Cl)nc2c1CCNC2. The van der Waals surface area contributed by atoms with Crippen molar-refractivity contribution < 1.29 is 4.74 Å². The van der Waals surface area contributed by atoms with Crippen molar-refractivity contribution in [1.29, 1.82) is 0 Å². The molecule has 0 aliphatic carbocycles. The molecule has 2 N–H and O–H groups in total. The third-order valence-electron chi connectivity index (χ3n) is 2.98. The van der Waals surface area contributed by atoms with Gasteiger partial charge in [-0.1, -0.05) is 20.8 Å². The van der Waals surface area contributed by atoms with Gasteiger partial charge in [0.1, 0.15) is 5.82 Å². The Kier molecular flexibility index (Phi) is 5.18. The van der Waals surface area contributed by atoms with E-state index in [0.717, 1.165) is 44.2 Å². The largest absolute Gasteiger partial charge is 0.379 e. The fourth-order valence-electron chi connectivity index (χ4n) is 2.10. The Hall–Kier alpha value is -0.910. The quantitative estimate of drug-likeness (QED) is 0.645. The highest BCUT2D eigenvalue weighted by molar-refractivity contribution is 6.28. The number of aromatic nitrogens is 2. The summed E-state index contributed by atoms with van der Waals surface area (Å²) in [6, 6.07) is 0. The van der Waals surface area contributed by atoms with Gasteiger partial charge in [0.25, 0.3) is 0 Å². The van der Waals surface area contributed by atoms with Crippen LogP contribution in [0.5, 0.6) is 0 Å². The fourth-order valence-corrected chi connectivity index (χ4v) is 2.28. The Morgan fingerprint density at radius 3 is 2.90 bits per heavy atom. The fraction of sp³-hybridized carbons (Fsp3) is 0.714. The van der Waals surface area contributed by atoms with Crippen LogP contribution in [0, 0.1) is 5.41 Å². The van der Waals surface area contributed by atoms with Crippen LogP contribution in [-0.2, 0) is 17.7 Å². The van der Waals surface area contributed by atoms with Gasteiger partial charge in [-0.25, -0.2) is 9.97 Å². The van der Waals surface area contributed by atoms with Crippen LogP contribution in [0.2, 0.25) is 5.28 Å². The van der Waals surface area contributed by atoms with Crippen LogP contribution in [0.1, 0.15) is 32.0 Å². The second kappa shape index (κ2) is 6.70. The molecule has 2 rings (SSSR count). The normalized spacial score (nSPS) is 15.0. The van der Waals surface area contributed by atoms with Gasteiger partial charge in [0.15, 0.2) is 0 Å². The van der Waals surface area contributed by atoms with Gasteiger partial charge in [-0.05, 0) is 30.0 Å². The van der Waals surface area contributed by atoms with E-state index in [1.54, 1.807) is 0 Å². The maximum atomic E-state index is 5.96. The third kappa shape index (κ3) is 4.58. The number of nitrogens with zero attached hydrogens (tertiary/aromatic N) is 2. The number of nitrogens with one attached hydrogen (secondary N) is 2. The van der Waals surface area contributed by atoms with Crippen LogP contribution in [0.15, 0.2) is 0 Å². The van der Waals surface area contributed by atoms with E-state index in [1.807, 2.05) is 0 Å². The third-order valence-corrected chi connectivity index (χ3v) is 3.15. The number of rotatable bonds is 5. The van der Waals surface area contributed by atoms with Gasteiger partial charge in [0.05, 0.1) is 18.9 Å². The molecule has 20 heavy (non-hydrogen) atoms. The molecule has 0 unspecified atom stereocenters. The van der Waals surface area contributed by atoms with E-state index in [2.05, 4.69) is 41.4 Å². The van der Waals surface area contributed by atoms with E-state index < -0.39 is 0 Å². The summed E-state index contributed by atoms with van der Waals surface area (Å²) in [5, 5.41) is 6.90. The number of halogens is 1. The summed E-state index contributed by atoms with van der Waals surface area (Å²) < 4.78 is 5.64. The summed E-state index contributed by atoms with van der Waals surface area (Å²) in [6.07, 6.45) is 0.928. The summed E-state index contributed by atoms with van der Waals surface area (Å²) in [4.78, 5) is 8.56. The first-order chi connectivity index (χ1) is 9.46. The van der Waals surface area contributed by atoms with Crippen molar-refractivity contribution in [2.24, 2.45) is 5.41 Å². The first-order valence-corrected chi connectivity index (χ1v) is 7.41. The van der Waals surface area contributed by atoms with E-state index in [0.29, 0.717) is 11.9 Å². The average Bonchev–Trinajstić information content (AvgIpc) is 2.36. The standard InChI is InChI=1S/C14H23ClN4O/c1-14(2,3)9-20-7-6-17-12-10-4-5-16-8-11(10)18-13(15)19-12/h16H,4-9H2,1-3H3,(H,17,18,19). The number of fused-ring (bicyclic) bond motifs is 1. The summed E-state index contributed by atoms with van der Waals surface area (Å²) in [5.41, 5.74) is 2.36. The van der Waals surface area contributed by atoms with Crippen LogP contribution in [-0.4, -0.2) is 36.3 Å². The van der Waals surface area contributed by atoms with Crippen molar-refractivity contribution in [3.05, 3.63) is 16.5 Å². The van der Waals surface area contributed by atoms with E-state index >= 15 is 0 Å². The Morgan fingerprint density at radius 2 is 2.15 bits per heavy atom. The van der Waals surface area contributed by atoms with Gasteiger partial charge in [0.2, 0.25) is 5.28 Å². The Bertz CT molecular complexity index is 459. The van der Waals surface area contributed by atoms with Crippen molar-refractivity contribution in [3.63, 3.8) is 0 Å². The zero-order valence-electron chi connectivity index (χ0n) is 12.4. The van der Waals surface area contributed by atoms with Crippen molar-refractivity contribution >= 4 is 17.4 Å². The Labute approximate surface area is 125 Å². The number of ether oxygens (including phenoxy) is 1. The maximum Gasteiger partial charge on any atom is 0.224 e. The molecule has 1 aromatic heterocycles. The van der Waals surface area contributed by atoms with Gasteiger partial charge in [-0.2, -0.15) is 0 Å². The van der Waals surface area contributed by atoms with Crippen LogP contribution in [0.25, 0.3) is 0 Å². The molecule has 1 aliphatic rings. The molecule has 0 amide bonds. The van der Waals surface area contributed by atoms with Gasteiger partial charge >= 0.3 is 0 Å². The second-order valence-electron chi connectivity index (χ2n) is 6.23. The van der Waals surface area contributed by atoms with Crippen molar-refractivity contribution in [1.82, 2.24) is 15.3 Å². The van der Waals surface area contributed by atoms with Crippen LogP contribution < -0.4 is 10.6 Å². The smallest absolute Gasteiger partial charge is 0.224 e. The molecule has 0 fully saturated rings. The molecule has 1 aromatic rings. The van der Waals surface area contributed by atoms with Gasteiger partial charge in [-0.15, -0.1) is 0 Å². The molecule has 0 spiro atoms. The zero-order valence-corrected chi connectivity index (χ0v) is 13.2. The number of hydrogen-bond donors (Lipinski definition) is 2. The molecule has 1 aliphatic heterocycles. The summed E-state index contributed by atoms with van der Waals surface area (Å²) in [7, 11) is 0. The first-order valence-electron chi connectivity index (χ1n) is 7.03. The van der Waals surface area contributed by atoms with E-state index in [4.69, 9.17) is 16.3 Å². The lowest BCUT2D eigenvalue weighted by Crippen LogP contribution is -2.27. The molecule has 2 heterocycles. The number of hydrogen-bond acceptors (Lipinski definition) is 5. The maximum absolute atomic E-state index is 5.96. The van der Waals surface area contributed by atoms with Crippen LogP contribution in [0.4, 0.5) is 5.82 Å². The molecule has 0 radical (unpaired) electrons. The number of anilines is 1. The van der Waals surface area contributed by atoms with E-state index in [-0.39, 0.29) is 5.41 Å². The van der Waals surface area contributed by atoms with Gasteiger partial charge in [0, 0.05) is 18.7 Å². The molecule has 0 aromatic carbocycles. The average molecular weight is 299 g/mol. The Balaban J connectivity index is 1.88. The highest BCUT2D eigenvalue weighted by atomic mass is 35.5.